The number of benzene rings is 2. The first-order chi connectivity index (χ1) is 20.3. The van der Waals surface area contributed by atoms with Gasteiger partial charge in [-0.05, 0) is 62.9 Å². The molecule has 0 saturated carbocycles. The van der Waals surface area contributed by atoms with Crippen molar-refractivity contribution in [1.82, 2.24) is 14.7 Å². The zero-order chi connectivity index (χ0) is 32.6. The highest BCUT2D eigenvalue weighted by atomic mass is 19.4. The van der Waals surface area contributed by atoms with Crippen LogP contribution in [0.5, 0.6) is 0 Å². The second-order valence-corrected chi connectivity index (χ2v) is 12.3. The molecule has 0 aliphatic carbocycles. The summed E-state index contributed by atoms with van der Waals surface area (Å²) in [5, 5.41) is 0. The number of piperidine rings is 1. The zero-order valence-corrected chi connectivity index (χ0v) is 24.8. The minimum absolute atomic E-state index is 0.0392. The molecule has 2 aromatic carbocycles. The summed E-state index contributed by atoms with van der Waals surface area (Å²) in [7, 11) is 1.29. The molecule has 4 rings (SSSR count). The number of carbonyl (C=O) groups is 3. The number of ether oxygens (including phenoxy) is 1. The molecule has 240 valence electrons. The van der Waals surface area contributed by atoms with E-state index in [4.69, 9.17) is 4.74 Å². The molecule has 2 aromatic rings. The van der Waals surface area contributed by atoms with Crippen LogP contribution in [-0.2, 0) is 33.2 Å². The second-order valence-electron chi connectivity index (χ2n) is 12.3. The number of carbonyl (C=O) groups excluding carboxylic acids is 3. The topological polar surface area (TPSA) is 70.2 Å². The molecule has 2 aliphatic heterocycles. The number of halogens is 6. The molecule has 0 spiro atoms. The Bertz CT molecular complexity index is 1330. The summed E-state index contributed by atoms with van der Waals surface area (Å²) < 4.78 is 86.1. The smallest absolute Gasteiger partial charge is 0.416 e. The second kappa shape index (κ2) is 12.3. The van der Waals surface area contributed by atoms with Crippen LogP contribution in [0.3, 0.4) is 0 Å². The maximum Gasteiger partial charge on any atom is 0.416 e. The molecule has 44 heavy (non-hydrogen) atoms. The van der Waals surface area contributed by atoms with E-state index >= 15 is 0 Å². The van der Waals surface area contributed by atoms with Crippen LogP contribution in [0.1, 0.15) is 61.8 Å². The molecular weight excluding hydrogens is 592 g/mol. The van der Waals surface area contributed by atoms with Crippen molar-refractivity contribution in [2.24, 2.45) is 5.92 Å². The van der Waals surface area contributed by atoms with E-state index in [-0.39, 0.29) is 37.2 Å². The van der Waals surface area contributed by atoms with Crippen LogP contribution in [0.25, 0.3) is 0 Å². The van der Waals surface area contributed by atoms with E-state index in [1.807, 2.05) is 12.1 Å². The number of nitrogens with zero attached hydrogens (tertiary/aromatic N) is 3. The molecule has 2 atom stereocenters. The number of hydrogen-bond donors (Lipinski definition) is 0. The molecule has 3 amide bonds. The van der Waals surface area contributed by atoms with Gasteiger partial charge in [-0.1, -0.05) is 30.3 Å². The predicted molar refractivity (Wildman–Crippen MR) is 148 cm³/mol. The third-order valence-electron chi connectivity index (χ3n) is 7.72. The first-order valence-electron chi connectivity index (χ1n) is 14.2. The van der Waals surface area contributed by atoms with Gasteiger partial charge in [-0.25, -0.2) is 4.79 Å². The zero-order valence-electron chi connectivity index (χ0n) is 24.8. The van der Waals surface area contributed by atoms with Gasteiger partial charge in [0.2, 0.25) is 11.8 Å². The summed E-state index contributed by atoms with van der Waals surface area (Å²) in [6.07, 6.45) is -9.51. The number of amides is 3. The van der Waals surface area contributed by atoms with Crippen LogP contribution in [0.15, 0.2) is 48.5 Å². The van der Waals surface area contributed by atoms with Gasteiger partial charge < -0.3 is 19.4 Å². The maximum atomic E-state index is 14.0. The molecule has 2 aliphatic rings. The molecule has 0 bridgehead atoms. The van der Waals surface area contributed by atoms with Gasteiger partial charge in [-0.3, -0.25) is 9.59 Å². The monoisotopic (exact) mass is 627 g/mol. The fourth-order valence-corrected chi connectivity index (χ4v) is 5.63. The molecule has 0 aromatic heterocycles. The lowest BCUT2D eigenvalue weighted by molar-refractivity contribution is -0.154. The van der Waals surface area contributed by atoms with E-state index in [9.17, 15) is 40.7 Å². The number of alkyl halides is 6. The predicted octanol–water partition coefficient (Wildman–Crippen LogP) is 6.32. The summed E-state index contributed by atoms with van der Waals surface area (Å²) in [5.41, 5.74) is -3.23. The van der Waals surface area contributed by atoms with Gasteiger partial charge >= 0.3 is 18.4 Å². The Balaban J connectivity index is 1.60. The normalized spacial score (nSPS) is 19.8. The van der Waals surface area contributed by atoms with Crippen LogP contribution in [0.4, 0.5) is 31.1 Å². The van der Waals surface area contributed by atoms with Crippen molar-refractivity contribution >= 4 is 17.9 Å². The van der Waals surface area contributed by atoms with Gasteiger partial charge in [-0.15, -0.1) is 0 Å². The highest BCUT2D eigenvalue weighted by Crippen LogP contribution is 2.38. The van der Waals surface area contributed by atoms with Gasteiger partial charge in [0.1, 0.15) is 11.6 Å². The molecule has 0 N–H and O–H groups in total. The highest BCUT2D eigenvalue weighted by molar-refractivity contribution is 5.91. The summed E-state index contributed by atoms with van der Waals surface area (Å²) in [6, 6.07) is 9.17. The minimum Gasteiger partial charge on any atom is -0.444 e. The molecule has 2 unspecified atom stereocenters. The quantitative estimate of drug-likeness (QED) is 0.364. The van der Waals surface area contributed by atoms with Gasteiger partial charge in [-0.2, -0.15) is 26.3 Å². The third-order valence-corrected chi connectivity index (χ3v) is 7.72. The van der Waals surface area contributed by atoms with Crippen molar-refractivity contribution in [3.8, 4) is 0 Å². The SMILES string of the molecule is CN(Cc1cc(C(F)(F)F)cc(C(F)(F)F)c1)C(=O)C1C(c2ccccc2)CCCN1C(=O)C1CN(C(=O)OC(C)(C)C)C1. The fourth-order valence-electron chi connectivity index (χ4n) is 5.63. The maximum absolute atomic E-state index is 14.0. The lowest BCUT2D eigenvalue weighted by Gasteiger charge is -2.46. The first-order valence-corrected chi connectivity index (χ1v) is 14.2. The van der Waals surface area contributed by atoms with Crippen LogP contribution in [0, 0.1) is 5.92 Å². The number of likely N-dealkylation sites (N-methyl/N-ethyl adjacent to an activating group) is 1. The summed E-state index contributed by atoms with van der Waals surface area (Å²) in [4.78, 5) is 44.1. The Morgan fingerprint density at radius 3 is 2.00 bits per heavy atom. The average Bonchev–Trinajstić information content (AvgIpc) is 2.89. The molecule has 2 saturated heterocycles. The van der Waals surface area contributed by atoms with Crippen molar-refractivity contribution < 1.29 is 45.5 Å². The summed E-state index contributed by atoms with van der Waals surface area (Å²) >= 11 is 0. The molecule has 2 heterocycles. The van der Waals surface area contributed by atoms with E-state index < -0.39 is 65.5 Å². The molecule has 2 fully saturated rings. The van der Waals surface area contributed by atoms with E-state index in [0.29, 0.717) is 25.0 Å². The summed E-state index contributed by atoms with van der Waals surface area (Å²) in [6.45, 7) is 5.06. The first kappa shape index (κ1) is 33.1. The Labute approximate surface area is 251 Å². The Kier molecular flexibility index (Phi) is 9.27. The van der Waals surface area contributed by atoms with Gasteiger partial charge in [0.05, 0.1) is 17.0 Å². The van der Waals surface area contributed by atoms with Crippen molar-refractivity contribution in [2.75, 3.05) is 26.7 Å². The van der Waals surface area contributed by atoms with Gasteiger partial charge in [0, 0.05) is 39.1 Å². The largest absolute Gasteiger partial charge is 0.444 e. The Morgan fingerprint density at radius 1 is 0.909 bits per heavy atom. The average molecular weight is 628 g/mol. The molecule has 7 nitrogen and oxygen atoms in total. The molecule has 13 heteroatoms. The molecular formula is C31H35F6N3O4. The van der Waals surface area contributed by atoms with E-state index in [1.54, 1.807) is 39.0 Å². The minimum atomic E-state index is -5.03. The molecule has 0 radical (unpaired) electrons. The van der Waals surface area contributed by atoms with E-state index in [0.717, 1.165) is 10.5 Å². The van der Waals surface area contributed by atoms with Crippen molar-refractivity contribution in [1.29, 1.82) is 0 Å². The number of likely N-dealkylation sites (tertiary alicyclic amines) is 2. The summed E-state index contributed by atoms with van der Waals surface area (Å²) in [5.74, 6) is -2.01. The van der Waals surface area contributed by atoms with Crippen LogP contribution in [-0.4, -0.2) is 70.9 Å². The van der Waals surface area contributed by atoms with E-state index in [2.05, 4.69) is 0 Å². The van der Waals surface area contributed by atoms with E-state index in [1.165, 1.54) is 16.8 Å². The fraction of sp³-hybridized carbons (Fsp3) is 0.516. The number of rotatable bonds is 5. The van der Waals surface area contributed by atoms with Crippen LogP contribution < -0.4 is 0 Å². The number of hydrogen-bond acceptors (Lipinski definition) is 4. The highest BCUT2D eigenvalue weighted by Gasteiger charge is 2.47. The lowest BCUT2D eigenvalue weighted by Crippen LogP contribution is -2.62. The Morgan fingerprint density at radius 2 is 1.48 bits per heavy atom. The third kappa shape index (κ3) is 7.65. The van der Waals surface area contributed by atoms with Crippen LogP contribution in [0.2, 0.25) is 0 Å². The van der Waals surface area contributed by atoms with Gasteiger partial charge in [0.25, 0.3) is 0 Å². The van der Waals surface area contributed by atoms with Crippen LogP contribution >= 0.6 is 0 Å². The van der Waals surface area contributed by atoms with Crippen molar-refractivity contribution in [3.05, 3.63) is 70.8 Å². The van der Waals surface area contributed by atoms with Crippen molar-refractivity contribution in [3.63, 3.8) is 0 Å². The standard InChI is InChI=1S/C31H35F6N3O4/c1-29(2,3)44-28(43)39-17-21(18-39)26(41)40-12-8-11-24(20-9-6-5-7-10-20)25(40)27(42)38(4)16-19-13-22(30(32,33)34)15-23(14-19)31(35,36)37/h5-7,9-10,13-15,21,24-25H,8,11-12,16-18H2,1-4H3. The Hall–Kier alpha value is -3.77. The lowest BCUT2D eigenvalue weighted by atomic mass is 9.81. The van der Waals surface area contributed by atoms with Gasteiger partial charge in [0.15, 0.2) is 0 Å². The van der Waals surface area contributed by atoms with Crippen molar-refractivity contribution in [2.45, 2.75) is 70.1 Å².